The van der Waals surface area contributed by atoms with Crippen LogP contribution in [0.3, 0.4) is 0 Å². The number of para-hydroxylation sites is 2. The summed E-state index contributed by atoms with van der Waals surface area (Å²) in [6.45, 7) is 6.43. The molecule has 5 rings (SSSR count). The molecule has 1 fully saturated rings. The number of rotatable bonds is 8. The first-order valence-electron chi connectivity index (χ1n) is 11.8. The molecule has 6 heteroatoms. The zero-order chi connectivity index (χ0) is 23.5. The normalized spacial score (nSPS) is 15.8. The molecule has 0 unspecified atom stereocenters. The van der Waals surface area contributed by atoms with Gasteiger partial charge in [-0.15, -0.1) is 0 Å². The Kier molecular flexibility index (Phi) is 6.21. The number of fused-ring (bicyclic) bond motifs is 1. The molecule has 3 aromatic carbocycles. The Morgan fingerprint density at radius 3 is 2.59 bits per heavy atom. The summed E-state index contributed by atoms with van der Waals surface area (Å²) in [6.07, 6.45) is 0.440. The minimum atomic E-state index is 0.0189. The quantitative estimate of drug-likeness (QED) is 0.360. The molecule has 1 aliphatic heterocycles. The first-order chi connectivity index (χ1) is 16.6. The number of anilines is 1. The standard InChI is InChI=1S/C28H29N3O3/c1-3-33-23-13-11-22(12-14-23)31-19-21(18-27(31)32)28-29-25-9-4-5-10-26(25)30(28)15-16-34-24-8-6-7-20(2)17-24/h4-14,17,21H,3,15-16,18-19H2,1-2H3/t21-/m0/s1. The Balaban J connectivity index is 1.37. The van der Waals surface area contributed by atoms with Crippen LogP contribution < -0.4 is 14.4 Å². The van der Waals surface area contributed by atoms with E-state index < -0.39 is 0 Å². The molecule has 2 heterocycles. The molecule has 1 amide bonds. The number of imidazole rings is 1. The molecular weight excluding hydrogens is 426 g/mol. The lowest BCUT2D eigenvalue weighted by Crippen LogP contribution is -2.24. The smallest absolute Gasteiger partial charge is 0.227 e. The molecule has 34 heavy (non-hydrogen) atoms. The topological polar surface area (TPSA) is 56.6 Å². The lowest BCUT2D eigenvalue weighted by molar-refractivity contribution is -0.117. The summed E-state index contributed by atoms with van der Waals surface area (Å²) >= 11 is 0. The van der Waals surface area contributed by atoms with Crippen molar-refractivity contribution in [1.82, 2.24) is 9.55 Å². The zero-order valence-corrected chi connectivity index (χ0v) is 19.6. The van der Waals surface area contributed by atoms with Crippen LogP contribution in [0.1, 0.15) is 30.7 Å². The van der Waals surface area contributed by atoms with E-state index in [1.165, 1.54) is 5.56 Å². The number of carbonyl (C=O) groups is 1. The number of carbonyl (C=O) groups excluding carboxylic acids is 1. The molecule has 1 saturated heterocycles. The third-order valence-corrected chi connectivity index (χ3v) is 6.21. The van der Waals surface area contributed by atoms with Crippen LogP contribution >= 0.6 is 0 Å². The predicted octanol–water partition coefficient (Wildman–Crippen LogP) is 5.34. The SMILES string of the molecule is CCOc1ccc(N2C[C@@H](c3nc4ccccc4n3CCOc3cccc(C)c3)CC2=O)cc1. The summed E-state index contributed by atoms with van der Waals surface area (Å²) in [4.78, 5) is 19.8. The van der Waals surface area contributed by atoms with Gasteiger partial charge in [0.15, 0.2) is 0 Å². The number of amides is 1. The van der Waals surface area contributed by atoms with Crippen molar-refractivity contribution >= 4 is 22.6 Å². The molecule has 0 radical (unpaired) electrons. The lowest BCUT2D eigenvalue weighted by Gasteiger charge is -2.18. The zero-order valence-electron chi connectivity index (χ0n) is 19.6. The largest absolute Gasteiger partial charge is 0.494 e. The Morgan fingerprint density at radius 2 is 1.79 bits per heavy atom. The van der Waals surface area contributed by atoms with Crippen LogP contribution in [0.4, 0.5) is 5.69 Å². The van der Waals surface area contributed by atoms with Crippen LogP contribution in [0.15, 0.2) is 72.8 Å². The van der Waals surface area contributed by atoms with Gasteiger partial charge in [-0.1, -0.05) is 24.3 Å². The number of benzene rings is 3. The fourth-order valence-corrected chi connectivity index (χ4v) is 4.62. The molecule has 0 saturated carbocycles. The van der Waals surface area contributed by atoms with Gasteiger partial charge in [-0.05, 0) is 67.9 Å². The monoisotopic (exact) mass is 455 g/mol. The van der Waals surface area contributed by atoms with Gasteiger partial charge < -0.3 is 18.9 Å². The van der Waals surface area contributed by atoms with E-state index in [2.05, 4.69) is 23.6 Å². The van der Waals surface area contributed by atoms with Crippen LogP contribution in [0, 0.1) is 6.92 Å². The van der Waals surface area contributed by atoms with E-state index in [-0.39, 0.29) is 11.8 Å². The maximum atomic E-state index is 13.0. The highest BCUT2D eigenvalue weighted by molar-refractivity contribution is 5.96. The number of hydrogen-bond acceptors (Lipinski definition) is 4. The van der Waals surface area contributed by atoms with Crippen molar-refractivity contribution in [2.24, 2.45) is 0 Å². The van der Waals surface area contributed by atoms with E-state index >= 15 is 0 Å². The Hall–Kier alpha value is -3.80. The minimum absolute atomic E-state index is 0.0189. The summed E-state index contributed by atoms with van der Waals surface area (Å²) in [6, 6.07) is 23.9. The average molecular weight is 456 g/mol. The Labute approximate surface area is 199 Å². The predicted molar refractivity (Wildman–Crippen MR) is 134 cm³/mol. The van der Waals surface area contributed by atoms with E-state index in [0.717, 1.165) is 34.0 Å². The molecule has 0 bridgehead atoms. The van der Waals surface area contributed by atoms with E-state index in [1.54, 1.807) is 0 Å². The highest BCUT2D eigenvalue weighted by atomic mass is 16.5. The lowest BCUT2D eigenvalue weighted by atomic mass is 10.1. The summed E-state index contributed by atoms with van der Waals surface area (Å²) in [5.41, 5.74) is 4.07. The van der Waals surface area contributed by atoms with Gasteiger partial charge in [0, 0.05) is 24.6 Å². The van der Waals surface area contributed by atoms with E-state index in [9.17, 15) is 4.79 Å². The van der Waals surface area contributed by atoms with Gasteiger partial charge in [0.25, 0.3) is 0 Å². The molecule has 1 atom stereocenters. The van der Waals surface area contributed by atoms with Crippen LogP contribution in [0.25, 0.3) is 11.0 Å². The fourth-order valence-electron chi connectivity index (χ4n) is 4.62. The van der Waals surface area contributed by atoms with Crippen molar-refractivity contribution in [3.05, 3.63) is 84.2 Å². The Bertz CT molecular complexity index is 1300. The second kappa shape index (κ2) is 9.59. The van der Waals surface area contributed by atoms with Crippen molar-refractivity contribution in [3.63, 3.8) is 0 Å². The van der Waals surface area contributed by atoms with Crippen LogP contribution in [-0.4, -0.2) is 35.2 Å². The summed E-state index contributed by atoms with van der Waals surface area (Å²) < 4.78 is 13.8. The molecule has 1 aromatic heterocycles. The van der Waals surface area contributed by atoms with Gasteiger partial charge >= 0.3 is 0 Å². The van der Waals surface area contributed by atoms with Gasteiger partial charge in [-0.3, -0.25) is 4.79 Å². The number of hydrogen-bond donors (Lipinski definition) is 0. The molecule has 4 aromatic rings. The first-order valence-corrected chi connectivity index (χ1v) is 11.8. The number of ether oxygens (including phenoxy) is 2. The molecule has 6 nitrogen and oxygen atoms in total. The van der Waals surface area contributed by atoms with Crippen molar-refractivity contribution in [1.29, 1.82) is 0 Å². The van der Waals surface area contributed by atoms with Crippen molar-refractivity contribution in [3.8, 4) is 11.5 Å². The second-order valence-electron chi connectivity index (χ2n) is 8.61. The highest BCUT2D eigenvalue weighted by Gasteiger charge is 2.34. The fraction of sp³-hybridized carbons (Fsp3) is 0.286. The molecule has 1 aliphatic rings. The van der Waals surface area contributed by atoms with E-state index in [0.29, 0.717) is 32.7 Å². The summed E-state index contributed by atoms with van der Waals surface area (Å²) in [5, 5.41) is 0. The number of aryl methyl sites for hydroxylation is 1. The summed E-state index contributed by atoms with van der Waals surface area (Å²) in [7, 11) is 0. The van der Waals surface area contributed by atoms with E-state index in [1.807, 2.05) is 72.5 Å². The number of nitrogens with zero attached hydrogens (tertiary/aromatic N) is 3. The van der Waals surface area contributed by atoms with E-state index in [4.69, 9.17) is 14.5 Å². The van der Waals surface area contributed by atoms with Gasteiger partial charge in [-0.25, -0.2) is 4.98 Å². The van der Waals surface area contributed by atoms with Crippen LogP contribution in [0.2, 0.25) is 0 Å². The van der Waals surface area contributed by atoms with Gasteiger partial charge in [0.05, 0.1) is 24.2 Å². The molecule has 0 aliphatic carbocycles. The van der Waals surface area contributed by atoms with Gasteiger partial charge in [0.1, 0.15) is 23.9 Å². The third-order valence-electron chi connectivity index (χ3n) is 6.21. The highest BCUT2D eigenvalue weighted by Crippen LogP contribution is 2.34. The second-order valence-corrected chi connectivity index (χ2v) is 8.61. The number of aromatic nitrogens is 2. The van der Waals surface area contributed by atoms with Gasteiger partial charge in [0.2, 0.25) is 5.91 Å². The van der Waals surface area contributed by atoms with Gasteiger partial charge in [-0.2, -0.15) is 0 Å². The van der Waals surface area contributed by atoms with Crippen molar-refractivity contribution in [2.45, 2.75) is 32.7 Å². The third kappa shape index (κ3) is 4.49. The first kappa shape index (κ1) is 22.0. The Morgan fingerprint density at radius 1 is 0.971 bits per heavy atom. The summed E-state index contributed by atoms with van der Waals surface area (Å²) in [5.74, 6) is 2.75. The van der Waals surface area contributed by atoms with Crippen molar-refractivity contribution < 1.29 is 14.3 Å². The van der Waals surface area contributed by atoms with Crippen LogP contribution in [0.5, 0.6) is 11.5 Å². The molecule has 0 N–H and O–H groups in total. The van der Waals surface area contributed by atoms with Crippen LogP contribution in [-0.2, 0) is 11.3 Å². The molecule has 174 valence electrons. The molecule has 0 spiro atoms. The minimum Gasteiger partial charge on any atom is -0.494 e. The van der Waals surface area contributed by atoms with Crippen molar-refractivity contribution in [2.75, 3.05) is 24.7 Å². The average Bonchev–Trinajstić information content (AvgIpc) is 3.41. The molecular formula is C28H29N3O3. The maximum absolute atomic E-state index is 13.0. The maximum Gasteiger partial charge on any atom is 0.227 e.